The topological polar surface area (TPSA) is 39.7 Å². The van der Waals surface area contributed by atoms with Crippen LogP contribution in [0.1, 0.15) is 28.2 Å². The van der Waals surface area contributed by atoms with Crippen LogP contribution in [0.2, 0.25) is 0 Å². The quantitative estimate of drug-likeness (QED) is 0.597. The molecule has 0 aromatic carbocycles. The molecule has 0 amide bonds. The minimum absolute atomic E-state index is 0.738. The fourth-order valence-corrected chi connectivity index (χ4v) is 4.77. The highest BCUT2D eigenvalue weighted by Gasteiger charge is 2.19. The maximum absolute atomic E-state index is 4.36. The minimum Gasteiger partial charge on any atom is -0.356 e. The van der Waals surface area contributed by atoms with Gasteiger partial charge >= 0.3 is 0 Å². The number of thiophene rings is 2. The highest BCUT2D eigenvalue weighted by atomic mass is 32.1. The van der Waals surface area contributed by atoms with Gasteiger partial charge in [-0.3, -0.25) is 9.89 Å². The number of likely N-dealkylation sites (tertiary alicyclic amines) is 1. The molecule has 2 aromatic rings. The molecule has 0 aliphatic carbocycles. The second-order valence-electron chi connectivity index (χ2n) is 6.63. The van der Waals surface area contributed by atoms with E-state index in [1.165, 1.54) is 41.2 Å². The number of nitrogens with zero attached hydrogens (tertiary/aromatic N) is 2. The van der Waals surface area contributed by atoms with Gasteiger partial charge in [0.15, 0.2) is 5.96 Å². The van der Waals surface area contributed by atoms with Crippen LogP contribution in [0.3, 0.4) is 0 Å². The van der Waals surface area contributed by atoms with Crippen LogP contribution in [0.4, 0.5) is 0 Å². The Labute approximate surface area is 159 Å². The van der Waals surface area contributed by atoms with E-state index in [1.807, 2.05) is 18.4 Å². The first kappa shape index (κ1) is 18.4. The number of rotatable bonds is 6. The van der Waals surface area contributed by atoms with Crippen molar-refractivity contribution in [2.45, 2.75) is 32.9 Å². The molecule has 2 aromatic heterocycles. The molecule has 6 heteroatoms. The van der Waals surface area contributed by atoms with Gasteiger partial charge in [-0.05, 0) is 67.2 Å². The van der Waals surface area contributed by atoms with E-state index in [1.54, 1.807) is 11.3 Å². The summed E-state index contributed by atoms with van der Waals surface area (Å²) >= 11 is 3.66. The molecule has 3 rings (SSSR count). The Kier molecular flexibility index (Phi) is 6.90. The van der Waals surface area contributed by atoms with E-state index >= 15 is 0 Å². The van der Waals surface area contributed by atoms with Crippen LogP contribution in [0.15, 0.2) is 34.0 Å². The van der Waals surface area contributed by atoms with E-state index in [4.69, 9.17) is 0 Å². The predicted molar refractivity (Wildman–Crippen MR) is 110 cm³/mol. The van der Waals surface area contributed by atoms with Crippen molar-refractivity contribution in [3.05, 3.63) is 44.3 Å². The molecule has 0 spiro atoms. The van der Waals surface area contributed by atoms with Gasteiger partial charge in [0, 0.05) is 29.9 Å². The Hall–Kier alpha value is -1.37. The van der Waals surface area contributed by atoms with Crippen molar-refractivity contribution >= 4 is 28.6 Å². The fraction of sp³-hybridized carbons (Fsp3) is 0.526. The third kappa shape index (κ3) is 5.56. The summed E-state index contributed by atoms with van der Waals surface area (Å²) in [7, 11) is 1.85. The summed E-state index contributed by atoms with van der Waals surface area (Å²) in [5.41, 5.74) is 1.35. The molecule has 136 valence electrons. The highest BCUT2D eigenvalue weighted by Crippen LogP contribution is 2.20. The van der Waals surface area contributed by atoms with Gasteiger partial charge in [-0.2, -0.15) is 0 Å². The van der Waals surface area contributed by atoms with Crippen LogP contribution >= 0.6 is 22.7 Å². The van der Waals surface area contributed by atoms with E-state index < -0.39 is 0 Å². The molecule has 1 aliphatic rings. The summed E-state index contributed by atoms with van der Waals surface area (Å²) in [5, 5.41) is 11.3. The number of hydrogen-bond acceptors (Lipinski definition) is 4. The Balaban J connectivity index is 1.36. The maximum Gasteiger partial charge on any atom is 0.191 e. The maximum atomic E-state index is 4.36. The van der Waals surface area contributed by atoms with Crippen molar-refractivity contribution in [3.63, 3.8) is 0 Å². The third-order valence-electron chi connectivity index (χ3n) is 4.83. The first-order valence-corrected chi connectivity index (χ1v) is 10.7. The van der Waals surface area contributed by atoms with Crippen molar-refractivity contribution in [1.82, 2.24) is 15.5 Å². The van der Waals surface area contributed by atoms with Gasteiger partial charge in [0.05, 0.1) is 6.54 Å². The number of nitrogens with one attached hydrogen (secondary N) is 2. The molecule has 1 saturated heterocycles. The lowest BCUT2D eigenvalue weighted by Gasteiger charge is -2.32. The number of aryl methyl sites for hydroxylation is 1. The Bertz CT molecular complexity index is 655. The summed E-state index contributed by atoms with van der Waals surface area (Å²) in [4.78, 5) is 9.79. The van der Waals surface area contributed by atoms with Crippen molar-refractivity contribution in [2.24, 2.45) is 10.9 Å². The van der Waals surface area contributed by atoms with Gasteiger partial charge in [-0.1, -0.05) is 6.07 Å². The summed E-state index contributed by atoms with van der Waals surface area (Å²) in [6.45, 7) is 7.53. The van der Waals surface area contributed by atoms with Gasteiger partial charge < -0.3 is 10.6 Å². The Morgan fingerprint density at radius 3 is 2.68 bits per heavy atom. The molecule has 4 nitrogen and oxygen atoms in total. The van der Waals surface area contributed by atoms with Crippen LogP contribution in [0.25, 0.3) is 0 Å². The number of aliphatic imine (C=N–C) groups is 1. The van der Waals surface area contributed by atoms with E-state index in [-0.39, 0.29) is 0 Å². The van der Waals surface area contributed by atoms with E-state index in [9.17, 15) is 0 Å². The second kappa shape index (κ2) is 9.36. The molecule has 1 aliphatic heterocycles. The summed E-state index contributed by atoms with van der Waals surface area (Å²) in [5.74, 6) is 1.65. The van der Waals surface area contributed by atoms with Gasteiger partial charge in [0.1, 0.15) is 0 Å². The fourth-order valence-electron chi connectivity index (χ4n) is 3.18. The summed E-state index contributed by atoms with van der Waals surface area (Å²) in [6, 6.07) is 6.55. The largest absolute Gasteiger partial charge is 0.356 e. The van der Waals surface area contributed by atoms with Crippen LogP contribution < -0.4 is 10.6 Å². The molecule has 2 N–H and O–H groups in total. The van der Waals surface area contributed by atoms with E-state index in [0.29, 0.717) is 0 Å². The summed E-state index contributed by atoms with van der Waals surface area (Å²) in [6.07, 6.45) is 2.53. The predicted octanol–water partition coefficient (Wildman–Crippen LogP) is 3.70. The Morgan fingerprint density at radius 2 is 2.04 bits per heavy atom. The van der Waals surface area contributed by atoms with Gasteiger partial charge in [0.25, 0.3) is 0 Å². The summed E-state index contributed by atoms with van der Waals surface area (Å²) < 4.78 is 0. The molecule has 25 heavy (non-hydrogen) atoms. The van der Waals surface area contributed by atoms with Crippen LogP contribution in [-0.4, -0.2) is 37.5 Å². The molecule has 0 radical (unpaired) electrons. The highest BCUT2D eigenvalue weighted by molar-refractivity contribution is 7.10. The molecular weight excluding hydrogens is 348 g/mol. The molecule has 0 bridgehead atoms. The SMILES string of the molecule is CN=C(NCc1sccc1C)NCC1CCN(Cc2cccs2)CC1. The van der Waals surface area contributed by atoms with Crippen molar-refractivity contribution in [3.8, 4) is 0 Å². The van der Waals surface area contributed by atoms with E-state index in [0.717, 1.165) is 31.5 Å². The zero-order valence-corrected chi connectivity index (χ0v) is 16.8. The second-order valence-corrected chi connectivity index (χ2v) is 8.67. The van der Waals surface area contributed by atoms with Crippen molar-refractivity contribution < 1.29 is 0 Å². The number of hydrogen-bond donors (Lipinski definition) is 2. The number of piperidine rings is 1. The van der Waals surface area contributed by atoms with Crippen LogP contribution in [0.5, 0.6) is 0 Å². The van der Waals surface area contributed by atoms with Crippen molar-refractivity contribution in [1.29, 1.82) is 0 Å². The first-order valence-electron chi connectivity index (χ1n) is 8.97. The molecule has 1 fully saturated rings. The lowest BCUT2D eigenvalue weighted by molar-refractivity contribution is 0.179. The van der Waals surface area contributed by atoms with Crippen LogP contribution in [0, 0.1) is 12.8 Å². The average Bonchev–Trinajstić information content (AvgIpc) is 3.28. The van der Waals surface area contributed by atoms with Gasteiger partial charge in [0.2, 0.25) is 0 Å². The molecule has 0 saturated carbocycles. The molecule has 0 unspecified atom stereocenters. The van der Waals surface area contributed by atoms with E-state index in [2.05, 4.69) is 56.4 Å². The molecular formula is C19H28N4S2. The smallest absolute Gasteiger partial charge is 0.191 e. The van der Waals surface area contributed by atoms with Crippen LogP contribution in [-0.2, 0) is 13.1 Å². The lowest BCUT2D eigenvalue weighted by atomic mass is 9.97. The van der Waals surface area contributed by atoms with Gasteiger partial charge in [-0.15, -0.1) is 22.7 Å². The monoisotopic (exact) mass is 376 g/mol. The van der Waals surface area contributed by atoms with Crippen molar-refractivity contribution in [2.75, 3.05) is 26.7 Å². The first-order chi connectivity index (χ1) is 12.2. The molecule has 3 heterocycles. The van der Waals surface area contributed by atoms with Gasteiger partial charge in [-0.25, -0.2) is 0 Å². The number of guanidine groups is 1. The standard InChI is InChI=1S/C19H28N4S2/c1-15-7-11-25-18(15)13-22-19(20-2)21-12-16-5-8-23(9-6-16)14-17-4-3-10-24-17/h3-4,7,10-11,16H,5-6,8-9,12-14H2,1-2H3,(H2,20,21,22). The Morgan fingerprint density at radius 1 is 1.20 bits per heavy atom. The zero-order chi connectivity index (χ0) is 17.5. The molecule has 0 atom stereocenters. The zero-order valence-electron chi connectivity index (χ0n) is 15.1. The normalized spacial score (nSPS) is 17.0. The average molecular weight is 377 g/mol. The lowest BCUT2D eigenvalue weighted by Crippen LogP contribution is -2.42. The third-order valence-corrected chi connectivity index (χ3v) is 6.72. The minimum atomic E-state index is 0.738.